The molecule has 24 heavy (non-hydrogen) atoms. The minimum absolute atomic E-state index is 0.0349. The van der Waals surface area contributed by atoms with Gasteiger partial charge in [0.2, 0.25) is 0 Å². The number of rotatable bonds is 6. The van der Waals surface area contributed by atoms with Gasteiger partial charge < -0.3 is 8.92 Å². The third-order valence-electron chi connectivity index (χ3n) is 3.03. The molecule has 0 radical (unpaired) electrons. The van der Waals surface area contributed by atoms with Crippen molar-refractivity contribution in [3.8, 4) is 11.5 Å². The second-order valence-corrected chi connectivity index (χ2v) is 6.93. The molecular formula is C16H17NO6S. The fourth-order valence-electron chi connectivity index (χ4n) is 1.99. The number of aryl methyl sites for hydroxylation is 1. The highest BCUT2D eigenvalue weighted by atomic mass is 32.2. The number of non-ortho nitro benzene ring substituents is 1. The molecule has 0 saturated carbocycles. The molecule has 7 nitrogen and oxygen atoms in total. The molecule has 0 aromatic heterocycles. The predicted molar refractivity (Wildman–Crippen MR) is 87.9 cm³/mol. The molecule has 128 valence electrons. The zero-order valence-electron chi connectivity index (χ0n) is 13.4. The SMILES string of the molecule is Cc1cc(S(=O)(=O)Oc2cccc([N+](=O)[O-])c2)ccc1OC(C)C. The number of nitrogens with zero attached hydrogens (tertiary/aromatic N) is 1. The van der Waals surface area contributed by atoms with E-state index in [9.17, 15) is 18.5 Å². The molecule has 0 unspecified atom stereocenters. The molecule has 0 saturated heterocycles. The molecule has 2 rings (SSSR count). The molecule has 0 spiro atoms. The maximum atomic E-state index is 12.3. The highest BCUT2D eigenvalue weighted by Crippen LogP contribution is 2.26. The smallest absolute Gasteiger partial charge is 0.339 e. The van der Waals surface area contributed by atoms with Crippen molar-refractivity contribution in [2.45, 2.75) is 31.8 Å². The monoisotopic (exact) mass is 351 g/mol. The van der Waals surface area contributed by atoms with E-state index in [0.717, 1.165) is 6.07 Å². The number of nitro groups is 1. The molecule has 0 heterocycles. The number of hydrogen-bond donors (Lipinski definition) is 0. The van der Waals surface area contributed by atoms with E-state index in [2.05, 4.69) is 0 Å². The lowest BCUT2D eigenvalue weighted by molar-refractivity contribution is -0.384. The molecule has 0 aliphatic heterocycles. The van der Waals surface area contributed by atoms with Crippen LogP contribution in [0.15, 0.2) is 47.4 Å². The van der Waals surface area contributed by atoms with Crippen LogP contribution in [0.4, 0.5) is 5.69 Å². The molecule has 0 N–H and O–H groups in total. The summed E-state index contributed by atoms with van der Waals surface area (Å²) in [6.45, 7) is 5.47. The zero-order valence-corrected chi connectivity index (χ0v) is 14.2. The van der Waals surface area contributed by atoms with E-state index in [1.807, 2.05) is 13.8 Å². The van der Waals surface area contributed by atoms with Gasteiger partial charge in [-0.3, -0.25) is 10.1 Å². The molecule has 0 atom stereocenters. The van der Waals surface area contributed by atoms with Crippen LogP contribution in [-0.2, 0) is 10.1 Å². The normalized spacial score (nSPS) is 11.3. The minimum Gasteiger partial charge on any atom is -0.491 e. The van der Waals surface area contributed by atoms with Gasteiger partial charge in [0, 0.05) is 6.07 Å². The van der Waals surface area contributed by atoms with E-state index in [1.54, 1.807) is 13.0 Å². The molecule has 0 aliphatic rings. The molecular weight excluding hydrogens is 334 g/mol. The van der Waals surface area contributed by atoms with E-state index in [1.165, 1.54) is 30.3 Å². The van der Waals surface area contributed by atoms with Crippen LogP contribution in [0.3, 0.4) is 0 Å². The van der Waals surface area contributed by atoms with Crippen molar-refractivity contribution in [1.29, 1.82) is 0 Å². The fraction of sp³-hybridized carbons (Fsp3) is 0.250. The Morgan fingerprint density at radius 1 is 1.12 bits per heavy atom. The van der Waals surface area contributed by atoms with Gasteiger partial charge in [0.25, 0.3) is 5.69 Å². The van der Waals surface area contributed by atoms with E-state index in [-0.39, 0.29) is 22.4 Å². The lowest BCUT2D eigenvalue weighted by Crippen LogP contribution is -2.11. The van der Waals surface area contributed by atoms with Gasteiger partial charge in [-0.1, -0.05) is 6.07 Å². The highest BCUT2D eigenvalue weighted by Gasteiger charge is 2.19. The van der Waals surface area contributed by atoms with E-state index >= 15 is 0 Å². The Labute approximate surface area is 140 Å². The van der Waals surface area contributed by atoms with Crippen LogP contribution in [0.1, 0.15) is 19.4 Å². The molecule has 0 aliphatic carbocycles. The van der Waals surface area contributed by atoms with Gasteiger partial charge in [0.15, 0.2) is 0 Å². The maximum Gasteiger partial charge on any atom is 0.339 e. The second-order valence-electron chi connectivity index (χ2n) is 5.39. The highest BCUT2D eigenvalue weighted by molar-refractivity contribution is 7.87. The van der Waals surface area contributed by atoms with Crippen LogP contribution < -0.4 is 8.92 Å². The summed E-state index contributed by atoms with van der Waals surface area (Å²) in [6.07, 6.45) is -0.0349. The first-order chi connectivity index (χ1) is 11.2. The standard InChI is InChI=1S/C16H17NO6S/c1-11(2)22-16-8-7-15(9-12(16)3)24(20,21)23-14-6-4-5-13(10-14)17(18)19/h4-11H,1-3H3. The van der Waals surface area contributed by atoms with Crippen LogP contribution in [-0.4, -0.2) is 19.4 Å². The number of nitro benzene ring substituents is 1. The van der Waals surface area contributed by atoms with Gasteiger partial charge in [-0.15, -0.1) is 0 Å². The van der Waals surface area contributed by atoms with Crippen molar-refractivity contribution in [1.82, 2.24) is 0 Å². The van der Waals surface area contributed by atoms with Gasteiger partial charge in [-0.05, 0) is 50.6 Å². The first-order valence-electron chi connectivity index (χ1n) is 7.15. The van der Waals surface area contributed by atoms with Crippen LogP contribution >= 0.6 is 0 Å². The van der Waals surface area contributed by atoms with Crippen molar-refractivity contribution in [2.75, 3.05) is 0 Å². The lowest BCUT2D eigenvalue weighted by atomic mass is 10.2. The Morgan fingerprint density at radius 2 is 1.83 bits per heavy atom. The van der Waals surface area contributed by atoms with Crippen molar-refractivity contribution in [3.63, 3.8) is 0 Å². The van der Waals surface area contributed by atoms with Crippen LogP contribution in [0.2, 0.25) is 0 Å². The molecule has 0 fully saturated rings. The predicted octanol–water partition coefficient (Wildman–Crippen LogP) is 3.46. The summed E-state index contributed by atoms with van der Waals surface area (Å²) in [4.78, 5) is 10.1. The Balaban J connectivity index is 2.29. The van der Waals surface area contributed by atoms with Gasteiger partial charge >= 0.3 is 10.1 Å². The number of ether oxygens (including phenoxy) is 1. The fourth-order valence-corrected chi connectivity index (χ4v) is 3.00. The number of hydrogen-bond acceptors (Lipinski definition) is 6. The molecule has 2 aromatic carbocycles. The average Bonchev–Trinajstić information content (AvgIpc) is 2.48. The van der Waals surface area contributed by atoms with Gasteiger partial charge in [-0.2, -0.15) is 8.42 Å². The second kappa shape index (κ2) is 6.88. The molecule has 2 aromatic rings. The Hall–Kier alpha value is -2.61. The summed E-state index contributed by atoms with van der Waals surface area (Å²) < 4.78 is 35.2. The maximum absolute atomic E-state index is 12.3. The zero-order chi connectivity index (χ0) is 17.9. The van der Waals surface area contributed by atoms with Crippen molar-refractivity contribution < 1.29 is 22.3 Å². The van der Waals surface area contributed by atoms with Crippen molar-refractivity contribution in [2.24, 2.45) is 0 Å². The van der Waals surface area contributed by atoms with E-state index in [0.29, 0.717) is 11.3 Å². The third-order valence-corrected chi connectivity index (χ3v) is 4.28. The summed E-state index contributed by atoms with van der Waals surface area (Å²) in [7, 11) is -4.10. The quantitative estimate of drug-likeness (QED) is 0.449. The Bertz CT molecular complexity index is 861. The van der Waals surface area contributed by atoms with Crippen LogP contribution in [0.5, 0.6) is 11.5 Å². The summed E-state index contributed by atoms with van der Waals surface area (Å²) in [5.41, 5.74) is 0.395. The topological polar surface area (TPSA) is 95.7 Å². The summed E-state index contributed by atoms with van der Waals surface area (Å²) in [6, 6.07) is 9.37. The average molecular weight is 351 g/mol. The number of benzene rings is 2. The first kappa shape index (κ1) is 17.7. The Kier molecular flexibility index (Phi) is 5.08. The summed E-state index contributed by atoms with van der Waals surface area (Å²) in [5.74, 6) is 0.462. The van der Waals surface area contributed by atoms with Crippen molar-refractivity contribution in [3.05, 3.63) is 58.1 Å². The molecule has 8 heteroatoms. The summed E-state index contributed by atoms with van der Waals surface area (Å²) in [5, 5.41) is 10.7. The molecule has 0 amide bonds. The Morgan fingerprint density at radius 3 is 2.42 bits per heavy atom. The third kappa shape index (κ3) is 4.23. The van der Waals surface area contributed by atoms with E-state index in [4.69, 9.17) is 8.92 Å². The van der Waals surface area contributed by atoms with Gasteiger partial charge in [0.1, 0.15) is 16.4 Å². The van der Waals surface area contributed by atoms with Crippen LogP contribution in [0.25, 0.3) is 0 Å². The van der Waals surface area contributed by atoms with Gasteiger partial charge in [0.05, 0.1) is 17.1 Å². The summed E-state index contributed by atoms with van der Waals surface area (Å²) >= 11 is 0. The first-order valence-corrected chi connectivity index (χ1v) is 8.56. The minimum atomic E-state index is -4.10. The molecule has 0 bridgehead atoms. The van der Waals surface area contributed by atoms with Crippen molar-refractivity contribution >= 4 is 15.8 Å². The van der Waals surface area contributed by atoms with Crippen LogP contribution in [0, 0.1) is 17.0 Å². The van der Waals surface area contributed by atoms with E-state index < -0.39 is 15.0 Å². The van der Waals surface area contributed by atoms with Gasteiger partial charge in [-0.25, -0.2) is 0 Å². The lowest BCUT2D eigenvalue weighted by Gasteiger charge is -2.13. The largest absolute Gasteiger partial charge is 0.491 e.